The second-order valence-electron chi connectivity index (χ2n) is 7.15. The van der Waals surface area contributed by atoms with Gasteiger partial charge in [-0.1, -0.05) is 41.4 Å². The second-order valence-corrected chi connectivity index (χ2v) is 10.6. The van der Waals surface area contributed by atoms with E-state index in [2.05, 4.69) is 36.5 Å². The monoisotopic (exact) mass is 484 g/mol. The number of hydrogen-bond donors (Lipinski definition) is 1. The summed E-state index contributed by atoms with van der Waals surface area (Å²) in [7, 11) is -2.01. The van der Waals surface area contributed by atoms with Gasteiger partial charge in [0.15, 0.2) is 0 Å². The van der Waals surface area contributed by atoms with E-state index in [0.29, 0.717) is 29.4 Å². The first-order valence-electron chi connectivity index (χ1n) is 9.92. The molecular weight excluding hydrogens is 456 g/mol. The summed E-state index contributed by atoms with van der Waals surface area (Å²) in [4.78, 5) is 12.1. The Morgan fingerprint density at radius 2 is 1.90 bits per heavy atom. The summed E-state index contributed by atoms with van der Waals surface area (Å²) in [5.41, 5.74) is 2.95. The number of carbonyl (C=O) groups is 1. The molecule has 1 amide bonds. The van der Waals surface area contributed by atoms with E-state index in [1.54, 1.807) is 30.0 Å². The highest BCUT2D eigenvalue weighted by molar-refractivity contribution is 7.98. The van der Waals surface area contributed by atoms with E-state index in [1.165, 1.54) is 22.5 Å². The van der Waals surface area contributed by atoms with Gasteiger partial charge in [0.2, 0.25) is 15.9 Å². The first-order chi connectivity index (χ1) is 14.7. The Kier molecular flexibility index (Phi) is 9.99. The van der Waals surface area contributed by atoms with Crippen molar-refractivity contribution in [3.8, 4) is 5.75 Å². The van der Waals surface area contributed by atoms with Crippen molar-refractivity contribution in [2.24, 2.45) is 0 Å². The molecule has 0 aromatic heterocycles. The number of rotatable bonds is 12. The van der Waals surface area contributed by atoms with Crippen molar-refractivity contribution < 1.29 is 17.9 Å². The molecule has 0 fully saturated rings. The molecule has 0 atom stereocenters. The van der Waals surface area contributed by atoms with Gasteiger partial charge in [-0.25, -0.2) is 8.42 Å². The number of carbonyl (C=O) groups excluding carboxylic acids is 1. The molecule has 31 heavy (non-hydrogen) atoms. The van der Waals surface area contributed by atoms with Crippen LogP contribution in [0.2, 0.25) is 5.02 Å². The number of nitrogens with one attached hydrogen (secondary N) is 1. The first-order valence-corrected chi connectivity index (χ1v) is 13.3. The predicted molar refractivity (Wildman–Crippen MR) is 130 cm³/mol. The van der Waals surface area contributed by atoms with Crippen LogP contribution in [-0.2, 0) is 20.6 Å². The van der Waals surface area contributed by atoms with E-state index in [-0.39, 0.29) is 18.9 Å². The summed E-state index contributed by atoms with van der Waals surface area (Å²) in [5, 5.41) is 3.22. The van der Waals surface area contributed by atoms with Crippen LogP contribution >= 0.6 is 23.4 Å². The Hall–Kier alpha value is -1.90. The second kappa shape index (κ2) is 12.2. The fourth-order valence-electron chi connectivity index (χ4n) is 2.91. The van der Waals surface area contributed by atoms with Crippen molar-refractivity contribution in [2.75, 3.05) is 36.5 Å². The highest BCUT2D eigenvalue weighted by Crippen LogP contribution is 2.30. The Bertz CT molecular complexity index is 966. The Morgan fingerprint density at radius 3 is 2.52 bits per heavy atom. The van der Waals surface area contributed by atoms with Gasteiger partial charge in [0.05, 0.1) is 24.1 Å². The lowest BCUT2D eigenvalue weighted by molar-refractivity contribution is -0.121. The SMILES string of the molecule is COc1ccc(N(CCCC(=O)NCCSCc2ccc(C)cc2)S(C)(=O)=O)cc1Cl. The van der Waals surface area contributed by atoms with Crippen LogP contribution in [0.1, 0.15) is 24.0 Å². The minimum absolute atomic E-state index is 0.0860. The molecule has 0 saturated heterocycles. The molecule has 0 spiro atoms. The minimum atomic E-state index is -3.51. The van der Waals surface area contributed by atoms with Gasteiger partial charge >= 0.3 is 0 Å². The van der Waals surface area contributed by atoms with E-state index < -0.39 is 10.0 Å². The Balaban J connectivity index is 1.74. The predicted octanol–water partition coefficient (Wildman–Crippen LogP) is 4.25. The fourth-order valence-corrected chi connectivity index (χ4v) is 4.93. The molecule has 0 aliphatic rings. The average Bonchev–Trinajstić information content (AvgIpc) is 2.71. The van der Waals surface area contributed by atoms with Gasteiger partial charge in [0, 0.05) is 31.0 Å². The molecule has 0 saturated carbocycles. The number of benzene rings is 2. The molecule has 2 aromatic rings. The van der Waals surface area contributed by atoms with Crippen LogP contribution in [0.5, 0.6) is 5.75 Å². The highest BCUT2D eigenvalue weighted by atomic mass is 35.5. The van der Waals surface area contributed by atoms with Crippen LogP contribution in [-0.4, -0.2) is 46.5 Å². The number of ether oxygens (including phenoxy) is 1. The molecule has 2 aromatic carbocycles. The van der Waals surface area contributed by atoms with Gasteiger partial charge in [-0.2, -0.15) is 11.8 Å². The largest absolute Gasteiger partial charge is 0.495 e. The molecule has 1 N–H and O–H groups in total. The van der Waals surface area contributed by atoms with E-state index in [1.807, 2.05) is 0 Å². The number of sulfonamides is 1. The van der Waals surface area contributed by atoms with Gasteiger partial charge in [0.1, 0.15) is 5.75 Å². The highest BCUT2D eigenvalue weighted by Gasteiger charge is 2.19. The normalized spacial score (nSPS) is 11.2. The molecule has 0 aliphatic heterocycles. The van der Waals surface area contributed by atoms with E-state index >= 15 is 0 Å². The van der Waals surface area contributed by atoms with Crippen LogP contribution in [0.3, 0.4) is 0 Å². The van der Waals surface area contributed by atoms with Crippen LogP contribution < -0.4 is 14.4 Å². The van der Waals surface area contributed by atoms with E-state index in [9.17, 15) is 13.2 Å². The van der Waals surface area contributed by atoms with Crippen LogP contribution in [0.25, 0.3) is 0 Å². The van der Waals surface area contributed by atoms with Gasteiger partial charge in [-0.3, -0.25) is 9.10 Å². The topological polar surface area (TPSA) is 75.7 Å². The lowest BCUT2D eigenvalue weighted by atomic mass is 10.2. The number of methoxy groups -OCH3 is 1. The molecule has 0 bridgehead atoms. The van der Waals surface area contributed by atoms with Crippen molar-refractivity contribution in [1.82, 2.24) is 5.32 Å². The zero-order valence-electron chi connectivity index (χ0n) is 18.1. The zero-order valence-corrected chi connectivity index (χ0v) is 20.4. The molecule has 0 heterocycles. The lowest BCUT2D eigenvalue weighted by Crippen LogP contribution is -2.32. The fraction of sp³-hybridized carbons (Fsp3) is 0.409. The molecule has 0 unspecified atom stereocenters. The third-order valence-corrected chi connectivity index (χ3v) is 7.07. The molecule has 170 valence electrons. The number of nitrogens with zero attached hydrogens (tertiary/aromatic N) is 1. The Morgan fingerprint density at radius 1 is 1.19 bits per heavy atom. The van der Waals surface area contributed by atoms with Gasteiger partial charge in [-0.15, -0.1) is 0 Å². The summed E-state index contributed by atoms with van der Waals surface area (Å²) in [6.07, 6.45) is 1.79. The summed E-state index contributed by atoms with van der Waals surface area (Å²) >= 11 is 7.89. The molecular formula is C22H29ClN2O4S2. The smallest absolute Gasteiger partial charge is 0.232 e. The molecule has 0 radical (unpaired) electrons. The average molecular weight is 485 g/mol. The van der Waals surface area contributed by atoms with Crippen molar-refractivity contribution in [3.05, 3.63) is 58.6 Å². The maximum Gasteiger partial charge on any atom is 0.232 e. The minimum Gasteiger partial charge on any atom is -0.495 e. The molecule has 0 aliphatic carbocycles. The third kappa shape index (κ3) is 8.63. The maximum atomic E-state index is 12.2. The number of thioether (sulfide) groups is 1. The van der Waals surface area contributed by atoms with Crippen LogP contribution in [0.4, 0.5) is 5.69 Å². The summed E-state index contributed by atoms with van der Waals surface area (Å²) in [6, 6.07) is 13.2. The number of hydrogen-bond acceptors (Lipinski definition) is 5. The zero-order chi connectivity index (χ0) is 22.9. The number of aryl methyl sites for hydroxylation is 1. The maximum absolute atomic E-state index is 12.2. The van der Waals surface area contributed by atoms with Gasteiger partial charge < -0.3 is 10.1 Å². The first kappa shape index (κ1) is 25.4. The standard InChI is InChI=1S/C22H29ClN2O4S2/c1-17-6-8-18(9-7-17)16-30-14-12-24-22(26)5-4-13-25(31(3,27)28)19-10-11-21(29-2)20(23)15-19/h6-11,15H,4-5,12-14,16H2,1-3H3,(H,24,26). The Labute approximate surface area is 194 Å². The van der Waals surface area contributed by atoms with E-state index in [4.69, 9.17) is 16.3 Å². The van der Waals surface area contributed by atoms with Crippen molar-refractivity contribution >= 4 is 45.0 Å². The lowest BCUT2D eigenvalue weighted by Gasteiger charge is -2.23. The van der Waals surface area contributed by atoms with Gasteiger partial charge in [-0.05, 0) is 37.1 Å². The van der Waals surface area contributed by atoms with Crippen molar-refractivity contribution in [3.63, 3.8) is 0 Å². The summed E-state index contributed by atoms with van der Waals surface area (Å²) < 4.78 is 30.8. The number of anilines is 1. The molecule has 2 rings (SSSR count). The summed E-state index contributed by atoms with van der Waals surface area (Å²) in [6.45, 7) is 2.84. The third-order valence-electron chi connectivity index (χ3n) is 4.55. The number of amides is 1. The quantitative estimate of drug-likeness (QED) is 0.456. The summed E-state index contributed by atoms with van der Waals surface area (Å²) in [5.74, 6) is 2.11. The molecule has 6 nitrogen and oxygen atoms in total. The van der Waals surface area contributed by atoms with Crippen LogP contribution in [0, 0.1) is 6.92 Å². The molecule has 9 heteroatoms. The van der Waals surface area contributed by atoms with E-state index in [0.717, 1.165) is 17.8 Å². The van der Waals surface area contributed by atoms with Crippen molar-refractivity contribution in [1.29, 1.82) is 0 Å². The van der Waals surface area contributed by atoms with Crippen LogP contribution in [0.15, 0.2) is 42.5 Å². The van der Waals surface area contributed by atoms with Gasteiger partial charge in [0.25, 0.3) is 0 Å². The van der Waals surface area contributed by atoms with Crippen molar-refractivity contribution in [2.45, 2.75) is 25.5 Å². The number of halogens is 1.